The van der Waals surface area contributed by atoms with Crippen molar-refractivity contribution in [1.82, 2.24) is 16.0 Å². The lowest BCUT2D eigenvalue weighted by Gasteiger charge is -2.28. The monoisotopic (exact) mass is 500 g/mol. The van der Waals surface area contributed by atoms with Gasteiger partial charge in [0, 0.05) is 12.8 Å². The lowest BCUT2D eigenvalue weighted by atomic mass is 9.96. The first-order chi connectivity index (χ1) is 16.2. The van der Waals surface area contributed by atoms with Gasteiger partial charge in [-0.25, -0.2) is 4.79 Å². The molecule has 0 aliphatic carbocycles. The van der Waals surface area contributed by atoms with Crippen LogP contribution >= 0.6 is 0 Å². The highest BCUT2D eigenvalue weighted by molar-refractivity contribution is 5.94. The number of carboxylic acid groups (broad SMARTS) is 1. The molecule has 0 aromatic rings. The Balaban J connectivity index is 5.60. The van der Waals surface area contributed by atoms with Crippen LogP contribution in [-0.2, 0) is 28.8 Å². The summed E-state index contributed by atoms with van der Waals surface area (Å²) in [6, 6.07) is -4.62. The van der Waals surface area contributed by atoms with Crippen LogP contribution in [0.5, 0.6) is 0 Å². The molecule has 5 unspecified atom stereocenters. The Morgan fingerprint density at radius 3 is 1.74 bits per heavy atom. The van der Waals surface area contributed by atoms with E-state index in [2.05, 4.69) is 16.0 Å². The van der Waals surface area contributed by atoms with Gasteiger partial charge in [-0.1, -0.05) is 34.1 Å². The molecule has 10 N–H and O–H groups in total. The van der Waals surface area contributed by atoms with Crippen molar-refractivity contribution in [3.05, 3.63) is 0 Å². The molecule has 0 saturated carbocycles. The van der Waals surface area contributed by atoms with Gasteiger partial charge in [-0.15, -0.1) is 0 Å². The molecule has 0 aliphatic rings. The number of rotatable bonds is 17. The Morgan fingerprint density at radius 2 is 1.29 bits per heavy atom. The molecule has 5 atom stereocenters. The number of hydrogen-bond acceptors (Lipinski definition) is 7. The minimum absolute atomic E-state index is 0.00785. The van der Waals surface area contributed by atoms with Crippen LogP contribution in [0.4, 0.5) is 0 Å². The summed E-state index contributed by atoms with van der Waals surface area (Å²) in [5.41, 5.74) is 16.0. The van der Waals surface area contributed by atoms with E-state index in [0.717, 1.165) is 0 Å². The van der Waals surface area contributed by atoms with E-state index < -0.39 is 59.7 Å². The van der Waals surface area contributed by atoms with Gasteiger partial charge in [0.1, 0.15) is 18.1 Å². The van der Waals surface area contributed by atoms with Crippen LogP contribution in [0.3, 0.4) is 0 Å². The normalized spacial score (nSPS) is 15.3. The van der Waals surface area contributed by atoms with Crippen LogP contribution in [0, 0.1) is 11.8 Å². The summed E-state index contributed by atoms with van der Waals surface area (Å²) in [5, 5.41) is 16.8. The molecule has 0 heterocycles. The van der Waals surface area contributed by atoms with Crippen molar-refractivity contribution in [2.24, 2.45) is 29.0 Å². The van der Waals surface area contributed by atoms with E-state index in [4.69, 9.17) is 17.2 Å². The van der Waals surface area contributed by atoms with Crippen LogP contribution < -0.4 is 33.2 Å². The number of aliphatic carboxylic acids is 1. The molecule has 0 bridgehead atoms. The summed E-state index contributed by atoms with van der Waals surface area (Å²) in [6.45, 7) is 7.09. The van der Waals surface area contributed by atoms with Gasteiger partial charge in [-0.3, -0.25) is 24.0 Å². The minimum Gasteiger partial charge on any atom is -0.480 e. The van der Waals surface area contributed by atoms with Gasteiger partial charge in [0.2, 0.25) is 29.5 Å². The summed E-state index contributed by atoms with van der Waals surface area (Å²) in [4.78, 5) is 72.1. The Kier molecular flexibility index (Phi) is 14.2. The molecular weight excluding hydrogens is 460 g/mol. The molecule has 0 aromatic carbocycles. The van der Waals surface area contributed by atoms with Crippen molar-refractivity contribution in [2.75, 3.05) is 0 Å². The standard InChI is InChI=1S/C22H40N6O7/c1-5-12(4)18(28-19(31)13(23)6-8-16(24)29)21(33)26-14(7-9-17(25)30)20(32)27-15(22(34)35)10-11(2)3/h11-15,18H,5-10,23H2,1-4H3,(H2,24,29)(H2,25,30)(H,26,33)(H,27,32)(H,28,31)(H,34,35). The fraction of sp³-hybridized carbons (Fsp3) is 0.727. The Labute approximate surface area is 205 Å². The molecule has 5 amide bonds. The number of carbonyl (C=O) groups is 6. The summed E-state index contributed by atoms with van der Waals surface area (Å²) >= 11 is 0. The largest absolute Gasteiger partial charge is 0.480 e. The third-order valence-corrected chi connectivity index (χ3v) is 5.47. The molecule has 0 fully saturated rings. The highest BCUT2D eigenvalue weighted by Crippen LogP contribution is 2.11. The van der Waals surface area contributed by atoms with Crippen LogP contribution in [0.15, 0.2) is 0 Å². The first kappa shape index (κ1) is 31.8. The summed E-state index contributed by atoms with van der Waals surface area (Å²) in [5.74, 6) is -5.13. The summed E-state index contributed by atoms with van der Waals surface area (Å²) < 4.78 is 0. The molecular formula is C22H40N6O7. The van der Waals surface area contributed by atoms with Gasteiger partial charge in [0.05, 0.1) is 6.04 Å². The third-order valence-electron chi connectivity index (χ3n) is 5.47. The highest BCUT2D eigenvalue weighted by Gasteiger charge is 2.32. The van der Waals surface area contributed by atoms with E-state index in [9.17, 15) is 33.9 Å². The van der Waals surface area contributed by atoms with Crippen LogP contribution in [-0.4, -0.2) is 64.8 Å². The fourth-order valence-electron chi connectivity index (χ4n) is 3.17. The second kappa shape index (κ2) is 15.6. The summed E-state index contributed by atoms with van der Waals surface area (Å²) in [7, 11) is 0. The Hall–Kier alpha value is -3.22. The molecule has 0 radical (unpaired) electrons. The number of nitrogens with one attached hydrogen (secondary N) is 3. The number of carbonyl (C=O) groups excluding carboxylic acids is 5. The average Bonchev–Trinajstić information content (AvgIpc) is 2.76. The van der Waals surface area contributed by atoms with Crippen molar-refractivity contribution in [3.63, 3.8) is 0 Å². The van der Waals surface area contributed by atoms with Crippen LogP contribution in [0.2, 0.25) is 0 Å². The van der Waals surface area contributed by atoms with E-state index in [0.29, 0.717) is 6.42 Å². The second-order valence-corrected chi connectivity index (χ2v) is 9.08. The number of primary amides is 2. The molecule has 13 heteroatoms. The lowest BCUT2D eigenvalue weighted by Crippen LogP contribution is -2.58. The van der Waals surface area contributed by atoms with E-state index in [1.54, 1.807) is 27.7 Å². The topological polar surface area (TPSA) is 237 Å². The smallest absolute Gasteiger partial charge is 0.326 e. The molecule has 0 saturated heterocycles. The van der Waals surface area contributed by atoms with E-state index in [1.807, 2.05) is 0 Å². The van der Waals surface area contributed by atoms with Crippen molar-refractivity contribution in [3.8, 4) is 0 Å². The lowest BCUT2D eigenvalue weighted by molar-refractivity contribution is -0.143. The zero-order valence-electron chi connectivity index (χ0n) is 20.8. The predicted molar refractivity (Wildman–Crippen MR) is 127 cm³/mol. The number of hydrogen-bond donors (Lipinski definition) is 7. The second-order valence-electron chi connectivity index (χ2n) is 9.08. The number of nitrogens with two attached hydrogens (primary N) is 3. The van der Waals surface area contributed by atoms with E-state index in [1.165, 1.54) is 0 Å². The van der Waals surface area contributed by atoms with Crippen molar-refractivity contribution in [2.45, 2.75) is 90.4 Å². The fourth-order valence-corrected chi connectivity index (χ4v) is 3.17. The maximum absolute atomic E-state index is 13.1. The van der Waals surface area contributed by atoms with Crippen molar-refractivity contribution < 1.29 is 33.9 Å². The van der Waals surface area contributed by atoms with Crippen LogP contribution in [0.1, 0.15) is 66.2 Å². The molecule has 35 heavy (non-hydrogen) atoms. The zero-order valence-corrected chi connectivity index (χ0v) is 20.8. The molecule has 200 valence electrons. The maximum Gasteiger partial charge on any atom is 0.326 e. The van der Waals surface area contributed by atoms with E-state index >= 15 is 0 Å². The molecule has 0 aromatic heterocycles. The molecule has 13 nitrogen and oxygen atoms in total. The zero-order chi connectivity index (χ0) is 27.3. The van der Waals surface area contributed by atoms with Gasteiger partial charge >= 0.3 is 5.97 Å². The SMILES string of the molecule is CCC(C)C(NC(=O)C(N)CCC(N)=O)C(=O)NC(CCC(N)=O)C(=O)NC(CC(C)C)C(=O)O. The number of amides is 5. The van der Waals surface area contributed by atoms with Gasteiger partial charge in [-0.2, -0.15) is 0 Å². The molecule has 0 rings (SSSR count). The van der Waals surface area contributed by atoms with Gasteiger partial charge < -0.3 is 38.3 Å². The Morgan fingerprint density at radius 1 is 0.771 bits per heavy atom. The molecule has 0 aliphatic heterocycles. The highest BCUT2D eigenvalue weighted by atomic mass is 16.4. The number of carboxylic acids is 1. The first-order valence-electron chi connectivity index (χ1n) is 11.7. The summed E-state index contributed by atoms with van der Waals surface area (Å²) in [6.07, 6.45) is 0.130. The average molecular weight is 501 g/mol. The van der Waals surface area contributed by atoms with E-state index in [-0.39, 0.29) is 43.9 Å². The maximum atomic E-state index is 13.1. The van der Waals surface area contributed by atoms with Gasteiger partial charge in [0.15, 0.2) is 0 Å². The predicted octanol–water partition coefficient (Wildman–Crippen LogP) is -1.52. The Bertz CT molecular complexity index is 773. The van der Waals surface area contributed by atoms with Crippen LogP contribution in [0.25, 0.3) is 0 Å². The van der Waals surface area contributed by atoms with Gasteiger partial charge in [0.25, 0.3) is 0 Å². The first-order valence-corrected chi connectivity index (χ1v) is 11.7. The minimum atomic E-state index is -1.27. The molecule has 0 spiro atoms. The van der Waals surface area contributed by atoms with Crippen molar-refractivity contribution in [1.29, 1.82) is 0 Å². The van der Waals surface area contributed by atoms with Crippen molar-refractivity contribution >= 4 is 35.5 Å². The van der Waals surface area contributed by atoms with Gasteiger partial charge in [-0.05, 0) is 31.1 Å². The third kappa shape index (κ3) is 12.7. The quantitative estimate of drug-likeness (QED) is 0.123.